The molecule has 0 radical (unpaired) electrons. The highest BCUT2D eigenvalue weighted by Crippen LogP contribution is 2.44. The normalized spacial score (nSPS) is 15.9. The van der Waals surface area contributed by atoms with Gasteiger partial charge in [0.2, 0.25) is 10.8 Å². The lowest BCUT2D eigenvalue weighted by Gasteiger charge is -2.07. The van der Waals surface area contributed by atoms with E-state index in [0.717, 1.165) is 0 Å². The van der Waals surface area contributed by atoms with Crippen molar-refractivity contribution in [3.05, 3.63) is 60.6 Å². The molecule has 2 aliphatic rings. The van der Waals surface area contributed by atoms with Crippen LogP contribution in [0.2, 0.25) is 5.02 Å². The Hall–Kier alpha value is -2.47. The number of diazo groups is 2. The van der Waals surface area contributed by atoms with Crippen LogP contribution >= 0.6 is 23.2 Å². The number of carbonyl (C=O) groups excluding carboxylic acids is 1. The number of benzene rings is 1. The predicted molar refractivity (Wildman–Crippen MR) is 75.1 cm³/mol. The minimum Gasteiger partial charge on any atom is -0.280 e. The van der Waals surface area contributed by atoms with Crippen molar-refractivity contribution in [2.75, 3.05) is 0 Å². The molecule has 1 aromatic carbocycles. The van der Waals surface area contributed by atoms with Crippen molar-refractivity contribution in [3.8, 4) is 0 Å². The first-order valence-electron chi connectivity index (χ1n) is 5.49. The SMILES string of the molecule is N#[N+]C1=C(Cl)C=C2C(=Cc3cc([N+]#N)c(Cl)cc32)C1=O. The van der Waals surface area contributed by atoms with E-state index >= 15 is 0 Å². The first kappa shape index (κ1) is 12.6. The molecule has 0 bridgehead atoms. The highest BCUT2D eigenvalue weighted by atomic mass is 35.5. The summed E-state index contributed by atoms with van der Waals surface area (Å²) in [5.41, 5.74) is 2.37. The molecular weight excluding hydrogens is 299 g/mol. The lowest BCUT2D eigenvalue weighted by atomic mass is 9.94. The Bertz CT molecular complexity index is 866. The van der Waals surface area contributed by atoms with E-state index in [2.05, 4.69) is 9.95 Å². The standard InChI is InChI=1S/C13H4Cl2N4O/c14-9-3-6-5(2-11(9)18-16)1-8-7(6)4-10(15)12(19-17)13(8)20/h1-4H/q+2. The molecule has 7 heteroatoms. The van der Waals surface area contributed by atoms with E-state index < -0.39 is 5.78 Å². The third-order valence-electron chi connectivity index (χ3n) is 3.16. The molecule has 3 rings (SSSR count). The number of fused-ring (bicyclic) bond motifs is 3. The Morgan fingerprint density at radius 1 is 1.00 bits per heavy atom. The van der Waals surface area contributed by atoms with Gasteiger partial charge in [-0.3, -0.25) is 4.79 Å². The molecule has 0 saturated heterocycles. The van der Waals surface area contributed by atoms with E-state index in [-0.39, 0.29) is 21.4 Å². The molecule has 94 valence electrons. The molecule has 0 fully saturated rings. The van der Waals surface area contributed by atoms with Gasteiger partial charge in [0.25, 0.3) is 5.78 Å². The van der Waals surface area contributed by atoms with E-state index in [1.807, 2.05) is 0 Å². The topological polar surface area (TPSA) is 73.4 Å². The molecule has 2 aliphatic carbocycles. The number of rotatable bonds is 0. The summed E-state index contributed by atoms with van der Waals surface area (Å²) in [7, 11) is 0. The number of nitrogens with zero attached hydrogens (tertiary/aromatic N) is 4. The molecule has 0 unspecified atom stereocenters. The Labute approximate surface area is 123 Å². The summed E-state index contributed by atoms with van der Waals surface area (Å²) in [6.07, 6.45) is 3.16. The van der Waals surface area contributed by atoms with Crippen molar-refractivity contribution in [3.63, 3.8) is 0 Å². The van der Waals surface area contributed by atoms with Crippen LogP contribution in [0.1, 0.15) is 11.1 Å². The maximum Gasteiger partial charge on any atom is 0.450 e. The van der Waals surface area contributed by atoms with E-state index in [0.29, 0.717) is 22.3 Å². The molecule has 20 heavy (non-hydrogen) atoms. The van der Waals surface area contributed by atoms with Crippen LogP contribution in [-0.2, 0) is 4.79 Å². The van der Waals surface area contributed by atoms with Gasteiger partial charge in [0.15, 0.2) is 9.95 Å². The number of allylic oxidation sites excluding steroid dienone is 4. The van der Waals surface area contributed by atoms with Gasteiger partial charge in [-0.2, -0.15) is 0 Å². The number of carbonyl (C=O) groups is 1. The fraction of sp³-hybridized carbons (Fsp3) is 0. The molecular formula is C13H4Cl2N4O+2. The third-order valence-corrected chi connectivity index (χ3v) is 3.75. The average molecular weight is 303 g/mol. The molecule has 5 nitrogen and oxygen atoms in total. The summed E-state index contributed by atoms with van der Waals surface area (Å²) in [6, 6.07) is 3.15. The van der Waals surface area contributed by atoms with E-state index in [9.17, 15) is 4.79 Å². The Kier molecular flexibility index (Phi) is 2.69. The van der Waals surface area contributed by atoms with Gasteiger partial charge in [-0.05, 0) is 34.9 Å². The smallest absolute Gasteiger partial charge is 0.280 e. The van der Waals surface area contributed by atoms with E-state index in [1.54, 1.807) is 24.3 Å². The van der Waals surface area contributed by atoms with Crippen LogP contribution in [0.3, 0.4) is 0 Å². The van der Waals surface area contributed by atoms with Crippen molar-refractivity contribution < 1.29 is 4.79 Å². The zero-order valence-corrected chi connectivity index (χ0v) is 11.3. The van der Waals surface area contributed by atoms with Crippen LogP contribution in [-0.4, -0.2) is 5.78 Å². The second-order valence-electron chi connectivity index (χ2n) is 4.23. The van der Waals surface area contributed by atoms with Crippen LogP contribution in [0.4, 0.5) is 5.69 Å². The molecule has 0 spiro atoms. The van der Waals surface area contributed by atoms with Gasteiger partial charge in [0.05, 0.1) is 0 Å². The first-order chi connectivity index (χ1) is 9.56. The van der Waals surface area contributed by atoms with Crippen LogP contribution in [0.25, 0.3) is 21.6 Å². The molecule has 0 saturated carbocycles. The van der Waals surface area contributed by atoms with Gasteiger partial charge in [-0.1, -0.05) is 23.2 Å². The second kappa shape index (κ2) is 4.28. The van der Waals surface area contributed by atoms with Crippen molar-refractivity contribution >= 4 is 46.3 Å². The van der Waals surface area contributed by atoms with Gasteiger partial charge < -0.3 is 0 Å². The van der Waals surface area contributed by atoms with Gasteiger partial charge in [0.1, 0.15) is 10.1 Å². The number of ketones is 1. The predicted octanol–water partition coefficient (Wildman–Crippen LogP) is 4.49. The van der Waals surface area contributed by atoms with Gasteiger partial charge in [0, 0.05) is 11.6 Å². The summed E-state index contributed by atoms with van der Waals surface area (Å²) >= 11 is 11.9. The van der Waals surface area contributed by atoms with Crippen molar-refractivity contribution in [2.24, 2.45) is 0 Å². The summed E-state index contributed by atoms with van der Waals surface area (Å²) < 4.78 is 0. The monoisotopic (exact) mass is 302 g/mol. The fourth-order valence-electron chi connectivity index (χ4n) is 2.25. The summed E-state index contributed by atoms with van der Waals surface area (Å²) in [6.45, 7) is 0. The highest BCUT2D eigenvalue weighted by Gasteiger charge is 2.39. The minimum atomic E-state index is -0.468. The average Bonchev–Trinajstić information content (AvgIpc) is 2.76. The molecule has 0 aromatic heterocycles. The van der Waals surface area contributed by atoms with Crippen molar-refractivity contribution in [1.82, 2.24) is 0 Å². The maximum atomic E-state index is 12.1. The molecule has 0 amide bonds. The van der Waals surface area contributed by atoms with Crippen LogP contribution in [0.5, 0.6) is 0 Å². The van der Waals surface area contributed by atoms with Crippen LogP contribution in [0.15, 0.2) is 34.5 Å². The number of hydrogen-bond donors (Lipinski definition) is 0. The maximum absolute atomic E-state index is 12.1. The number of Topliss-reactive ketones (excluding diaryl/α,β-unsaturated/α-hetero) is 1. The van der Waals surface area contributed by atoms with Crippen molar-refractivity contribution in [1.29, 1.82) is 10.8 Å². The second-order valence-corrected chi connectivity index (χ2v) is 5.05. The van der Waals surface area contributed by atoms with Gasteiger partial charge >= 0.3 is 11.4 Å². The lowest BCUT2D eigenvalue weighted by molar-refractivity contribution is -0.111. The zero-order chi connectivity index (χ0) is 14.4. The summed E-state index contributed by atoms with van der Waals surface area (Å²) in [5, 5.41) is 18.0. The summed E-state index contributed by atoms with van der Waals surface area (Å²) in [5.74, 6) is -0.468. The Balaban J connectivity index is 2.27. The Morgan fingerprint density at radius 3 is 2.40 bits per heavy atom. The number of hydrogen-bond acceptors (Lipinski definition) is 3. The zero-order valence-electron chi connectivity index (χ0n) is 9.76. The van der Waals surface area contributed by atoms with Crippen LogP contribution < -0.4 is 0 Å². The largest absolute Gasteiger partial charge is 0.450 e. The van der Waals surface area contributed by atoms with E-state index in [4.69, 9.17) is 34.0 Å². The quantitative estimate of drug-likeness (QED) is 0.663. The molecule has 1 aromatic rings. The van der Waals surface area contributed by atoms with Crippen molar-refractivity contribution in [2.45, 2.75) is 0 Å². The molecule has 0 aliphatic heterocycles. The Morgan fingerprint density at radius 2 is 1.75 bits per heavy atom. The highest BCUT2D eigenvalue weighted by molar-refractivity contribution is 6.40. The first-order valence-corrected chi connectivity index (χ1v) is 6.24. The summed E-state index contributed by atoms with van der Waals surface area (Å²) in [4.78, 5) is 18.1. The lowest BCUT2D eigenvalue weighted by Crippen LogP contribution is -2.08. The third kappa shape index (κ3) is 1.58. The molecule has 0 heterocycles. The van der Waals surface area contributed by atoms with E-state index in [1.165, 1.54) is 0 Å². The minimum absolute atomic E-state index is 0.0598. The number of halogens is 2. The molecule has 0 N–H and O–H groups in total. The van der Waals surface area contributed by atoms with Crippen LogP contribution in [0, 0.1) is 10.8 Å². The van der Waals surface area contributed by atoms with Gasteiger partial charge in [-0.15, -0.1) is 0 Å². The molecule has 0 atom stereocenters. The fourth-order valence-corrected chi connectivity index (χ4v) is 2.69. The van der Waals surface area contributed by atoms with Gasteiger partial charge in [-0.25, -0.2) is 0 Å².